The summed E-state index contributed by atoms with van der Waals surface area (Å²) < 4.78 is 5.34. The molecule has 2 fully saturated rings. The van der Waals surface area contributed by atoms with Crippen LogP contribution in [-0.4, -0.2) is 35.6 Å². The van der Waals surface area contributed by atoms with Gasteiger partial charge in [0.1, 0.15) is 5.54 Å². The lowest BCUT2D eigenvalue weighted by Crippen LogP contribution is -2.56. The van der Waals surface area contributed by atoms with E-state index in [-0.39, 0.29) is 5.91 Å². The van der Waals surface area contributed by atoms with Crippen LogP contribution in [0.5, 0.6) is 0 Å². The van der Waals surface area contributed by atoms with Crippen molar-refractivity contribution < 1.29 is 9.53 Å². The number of carbonyl (C=O) groups excluding carboxylic acids is 1. The maximum Gasteiger partial charge on any atom is 0.245 e. The molecular formula is C17H24N2O2. The monoisotopic (exact) mass is 288 g/mol. The molecular weight excluding hydrogens is 264 g/mol. The van der Waals surface area contributed by atoms with E-state index in [9.17, 15) is 4.79 Å². The fraction of sp³-hybridized carbons (Fsp3) is 0.588. The molecule has 1 heterocycles. The SMILES string of the molecule is CCc1ccc(CN(C(=O)C2(N)CCOC2)C2CC2)cc1. The molecule has 2 aliphatic rings. The highest BCUT2D eigenvalue weighted by Gasteiger charge is 2.45. The van der Waals surface area contributed by atoms with E-state index in [4.69, 9.17) is 10.5 Å². The van der Waals surface area contributed by atoms with Gasteiger partial charge in [-0.3, -0.25) is 4.79 Å². The number of hydrogen-bond acceptors (Lipinski definition) is 3. The van der Waals surface area contributed by atoms with Crippen LogP contribution >= 0.6 is 0 Å². The highest BCUT2D eigenvalue weighted by molar-refractivity contribution is 5.87. The minimum Gasteiger partial charge on any atom is -0.379 e. The molecule has 1 saturated carbocycles. The first-order chi connectivity index (χ1) is 10.1. The van der Waals surface area contributed by atoms with Crippen molar-refractivity contribution in [2.75, 3.05) is 13.2 Å². The number of nitrogens with two attached hydrogens (primary N) is 1. The molecule has 3 rings (SSSR count). The predicted octanol–water partition coefficient (Wildman–Crippen LogP) is 1.86. The molecule has 4 nitrogen and oxygen atoms in total. The Balaban J connectivity index is 1.73. The number of aryl methyl sites for hydroxylation is 1. The van der Waals surface area contributed by atoms with Gasteiger partial charge in [-0.1, -0.05) is 31.2 Å². The molecule has 0 radical (unpaired) electrons. The summed E-state index contributed by atoms with van der Waals surface area (Å²) in [6.45, 7) is 3.75. The molecule has 114 valence electrons. The van der Waals surface area contributed by atoms with Gasteiger partial charge in [0, 0.05) is 19.2 Å². The zero-order chi connectivity index (χ0) is 14.9. The van der Waals surface area contributed by atoms with Gasteiger partial charge in [0.2, 0.25) is 5.91 Å². The fourth-order valence-electron chi connectivity index (χ4n) is 2.87. The van der Waals surface area contributed by atoms with Gasteiger partial charge in [-0.25, -0.2) is 0 Å². The van der Waals surface area contributed by atoms with Crippen molar-refractivity contribution in [2.45, 2.75) is 50.7 Å². The molecule has 1 aliphatic heterocycles. The van der Waals surface area contributed by atoms with Gasteiger partial charge in [0.05, 0.1) is 6.61 Å². The fourth-order valence-corrected chi connectivity index (χ4v) is 2.87. The Labute approximate surface area is 126 Å². The summed E-state index contributed by atoms with van der Waals surface area (Å²) in [6.07, 6.45) is 3.85. The summed E-state index contributed by atoms with van der Waals surface area (Å²) >= 11 is 0. The first-order valence-corrected chi connectivity index (χ1v) is 7.88. The van der Waals surface area contributed by atoms with E-state index in [0.717, 1.165) is 19.3 Å². The lowest BCUT2D eigenvalue weighted by molar-refractivity contribution is -0.138. The lowest BCUT2D eigenvalue weighted by atomic mass is 9.97. The summed E-state index contributed by atoms with van der Waals surface area (Å²) in [5, 5.41) is 0. The molecule has 1 atom stereocenters. The second-order valence-corrected chi connectivity index (χ2v) is 6.29. The van der Waals surface area contributed by atoms with E-state index >= 15 is 0 Å². The standard InChI is InChI=1S/C17H24N2O2/c1-2-13-3-5-14(6-4-13)11-19(15-7-8-15)16(20)17(18)9-10-21-12-17/h3-6,15H,2,7-12,18H2,1H3. The van der Waals surface area contributed by atoms with Crippen molar-refractivity contribution >= 4 is 5.91 Å². The number of ether oxygens (including phenoxy) is 1. The van der Waals surface area contributed by atoms with Gasteiger partial charge >= 0.3 is 0 Å². The van der Waals surface area contributed by atoms with Crippen molar-refractivity contribution in [1.29, 1.82) is 0 Å². The minimum absolute atomic E-state index is 0.0575. The summed E-state index contributed by atoms with van der Waals surface area (Å²) in [6, 6.07) is 8.89. The van der Waals surface area contributed by atoms with E-state index in [0.29, 0.717) is 32.2 Å². The van der Waals surface area contributed by atoms with E-state index in [1.165, 1.54) is 11.1 Å². The molecule has 1 aliphatic carbocycles. The third-order valence-corrected chi connectivity index (χ3v) is 4.51. The van der Waals surface area contributed by atoms with Crippen LogP contribution in [0.4, 0.5) is 0 Å². The van der Waals surface area contributed by atoms with Crippen molar-refractivity contribution in [2.24, 2.45) is 5.73 Å². The second-order valence-electron chi connectivity index (χ2n) is 6.29. The Bertz CT molecular complexity index is 502. The topological polar surface area (TPSA) is 55.6 Å². The normalized spacial score (nSPS) is 25.0. The van der Waals surface area contributed by atoms with Gasteiger partial charge < -0.3 is 15.4 Å². The average Bonchev–Trinajstić information content (AvgIpc) is 3.26. The molecule has 0 spiro atoms. The second kappa shape index (κ2) is 5.78. The number of nitrogens with zero attached hydrogens (tertiary/aromatic N) is 1. The smallest absolute Gasteiger partial charge is 0.245 e. The maximum absolute atomic E-state index is 12.8. The molecule has 2 N–H and O–H groups in total. The Morgan fingerprint density at radius 2 is 2.00 bits per heavy atom. The molecule has 1 unspecified atom stereocenters. The molecule has 1 aromatic carbocycles. The molecule has 1 amide bonds. The largest absolute Gasteiger partial charge is 0.379 e. The highest BCUT2D eigenvalue weighted by atomic mass is 16.5. The Morgan fingerprint density at radius 3 is 2.52 bits per heavy atom. The highest BCUT2D eigenvalue weighted by Crippen LogP contribution is 2.31. The van der Waals surface area contributed by atoms with Crippen LogP contribution in [-0.2, 0) is 22.5 Å². The van der Waals surface area contributed by atoms with Crippen molar-refractivity contribution in [3.05, 3.63) is 35.4 Å². The predicted molar refractivity (Wildman–Crippen MR) is 81.7 cm³/mol. The quantitative estimate of drug-likeness (QED) is 0.899. The van der Waals surface area contributed by atoms with Gasteiger partial charge in [0.15, 0.2) is 0 Å². The molecule has 0 aromatic heterocycles. The van der Waals surface area contributed by atoms with Crippen LogP contribution in [0.15, 0.2) is 24.3 Å². The van der Waals surface area contributed by atoms with Crippen LogP contribution in [0.25, 0.3) is 0 Å². The van der Waals surface area contributed by atoms with Gasteiger partial charge in [-0.2, -0.15) is 0 Å². The first kappa shape index (κ1) is 14.5. The minimum atomic E-state index is -0.814. The van der Waals surface area contributed by atoms with Crippen molar-refractivity contribution in [3.8, 4) is 0 Å². The van der Waals surface area contributed by atoms with E-state index in [2.05, 4.69) is 31.2 Å². The number of carbonyl (C=O) groups is 1. The number of rotatable bonds is 5. The third kappa shape index (κ3) is 3.11. The average molecular weight is 288 g/mol. The number of benzene rings is 1. The van der Waals surface area contributed by atoms with Crippen molar-refractivity contribution in [3.63, 3.8) is 0 Å². The van der Waals surface area contributed by atoms with Crippen molar-refractivity contribution in [1.82, 2.24) is 4.90 Å². The Hall–Kier alpha value is -1.39. The van der Waals surface area contributed by atoms with E-state index < -0.39 is 5.54 Å². The Kier molecular flexibility index (Phi) is 4.00. The van der Waals surface area contributed by atoms with Crippen LogP contribution in [0.3, 0.4) is 0 Å². The zero-order valence-electron chi connectivity index (χ0n) is 12.7. The van der Waals surface area contributed by atoms with Crippen LogP contribution in [0.2, 0.25) is 0 Å². The van der Waals surface area contributed by atoms with Crippen LogP contribution in [0, 0.1) is 0 Å². The third-order valence-electron chi connectivity index (χ3n) is 4.51. The number of amides is 1. The molecule has 21 heavy (non-hydrogen) atoms. The summed E-state index contributed by atoms with van der Waals surface area (Å²) in [7, 11) is 0. The van der Waals surface area contributed by atoms with Crippen LogP contribution < -0.4 is 5.73 Å². The molecule has 1 aromatic rings. The molecule has 4 heteroatoms. The Morgan fingerprint density at radius 1 is 1.33 bits per heavy atom. The van der Waals surface area contributed by atoms with Gasteiger partial charge in [-0.05, 0) is 36.8 Å². The molecule has 0 bridgehead atoms. The van der Waals surface area contributed by atoms with Gasteiger partial charge in [-0.15, -0.1) is 0 Å². The van der Waals surface area contributed by atoms with Gasteiger partial charge in [0.25, 0.3) is 0 Å². The zero-order valence-corrected chi connectivity index (χ0v) is 12.7. The maximum atomic E-state index is 12.8. The lowest BCUT2D eigenvalue weighted by Gasteiger charge is -2.31. The van der Waals surface area contributed by atoms with Crippen LogP contribution in [0.1, 0.15) is 37.3 Å². The summed E-state index contributed by atoms with van der Waals surface area (Å²) in [5.74, 6) is 0.0575. The summed E-state index contributed by atoms with van der Waals surface area (Å²) in [4.78, 5) is 14.8. The van der Waals surface area contributed by atoms with E-state index in [1.54, 1.807) is 0 Å². The van der Waals surface area contributed by atoms with E-state index in [1.807, 2.05) is 4.90 Å². The number of hydrogen-bond donors (Lipinski definition) is 1. The first-order valence-electron chi connectivity index (χ1n) is 7.88. The summed E-state index contributed by atoms with van der Waals surface area (Å²) in [5.41, 5.74) is 7.94. The molecule has 1 saturated heterocycles.